The topological polar surface area (TPSA) is 91.8 Å². The second kappa shape index (κ2) is 8.27. The fourth-order valence-corrected chi connectivity index (χ4v) is 7.75. The molecule has 0 radical (unpaired) electrons. The number of aryl methyl sites for hydroxylation is 2. The number of hydrogen-bond acceptors (Lipinski definition) is 5. The third kappa shape index (κ3) is 3.96. The van der Waals surface area contributed by atoms with E-state index < -0.39 is 20.0 Å². The van der Waals surface area contributed by atoms with Crippen LogP contribution in [0.3, 0.4) is 0 Å². The number of benzene rings is 2. The molecule has 7 nitrogen and oxygen atoms in total. The van der Waals surface area contributed by atoms with Crippen LogP contribution in [-0.2, 0) is 24.8 Å². The fourth-order valence-electron chi connectivity index (χ4n) is 4.90. The van der Waals surface area contributed by atoms with Crippen molar-refractivity contribution in [2.45, 2.75) is 30.1 Å². The number of fused-ring (bicyclic) bond motifs is 2. The second-order valence-electron chi connectivity index (χ2n) is 9.24. The Labute approximate surface area is 200 Å². The summed E-state index contributed by atoms with van der Waals surface area (Å²) in [5.41, 5.74) is 4.25. The van der Waals surface area contributed by atoms with E-state index in [1.165, 1.54) is 8.61 Å². The Bertz CT molecular complexity index is 1440. The van der Waals surface area contributed by atoms with E-state index in [4.69, 9.17) is 0 Å². The lowest BCUT2D eigenvalue weighted by atomic mass is 9.94. The first-order valence-corrected chi connectivity index (χ1v) is 14.0. The third-order valence-electron chi connectivity index (χ3n) is 6.82. The van der Waals surface area contributed by atoms with Crippen LogP contribution in [-0.4, -0.2) is 57.4 Å². The highest BCUT2D eigenvalue weighted by molar-refractivity contribution is 7.89. The van der Waals surface area contributed by atoms with Crippen LogP contribution in [0.5, 0.6) is 0 Å². The molecule has 1 aliphatic carbocycles. The Morgan fingerprint density at radius 3 is 1.82 bits per heavy atom. The van der Waals surface area contributed by atoms with E-state index in [1.54, 1.807) is 54.6 Å². The maximum absolute atomic E-state index is 13.3. The van der Waals surface area contributed by atoms with Crippen LogP contribution in [0, 0.1) is 19.8 Å². The number of carbonyl (C=O) groups is 1. The van der Waals surface area contributed by atoms with E-state index in [1.807, 2.05) is 13.8 Å². The number of carbonyl (C=O) groups excluding carboxylic acids is 1. The molecule has 2 saturated heterocycles. The molecule has 0 amide bonds. The number of rotatable bonds is 4. The van der Waals surface area contributed by atoms with Crippen molar-refractivity contribution < 1.29 is 21.6 Å². The van der Waals surface area contributed by atoms with Gasteiger partial charge in [-0.2, -0.15) is 8.61 Å². The van der Waals surface area contributed by atoms with Gasteiger partial charge in [0.1, 0.15) is 0 Å². The summed E-state index contributed by atoms with van der Waals surface area (Å²) in [7, 11) is -7.47. The van der Waals surface area contributed by atoms with Crippen molar-refractivity contribution in [1.82, 2.24) is 8.61 Å². The van der Waals surface area contributed by atoms with Gasteiger partial charge in [-0.05, 0) is 60.9 Å². The number of nitrogens with zero attached hydrogens (tertiary/aromatic N) is 2. The zero-order valence-corrected chi connectivity index (χ0v) is 20.7. The number of hydrogen-bond donors (Lipinski definition) is 0. The van der Waals surface area contributed by atoms with Gasteiger partial charge in [0.2, 0.25) is 20.0 Å². The van der Waals surface area contributed by atoms with Gasteiger partial charge in [0, 0.05) is 38.5 Å². The molecule has 2 heterocycles. The van der Waals surface area contributed by atoms with E-state index in [9.17, 15) is 21.6 Å². The van der Waals surface area contributed by atoms with Crippen molar-refractivity contribution in [3.63, 3.8) is 0 Å². The van der Waals surface area contributed by atoms with Crippen molar-refractivity contribution in [2.24, 2.45) is 5.92 Å². The van der Waals surface area contributed by atoms with E-state index in [-0.39, 0.29) is 54.1 Å². The van der Waals surface area contributed by atoms with Crippen LogP contribution < -0.4 is 0 Å². The Morgan fingerprint density at radius 1 is 0.735 bits per heavy atom. The minimum Gasteiger partial charge on any atom is -0.295 e. The van der Waals surface area contributed by atoms with E-state index in [0.717, 1.165) is 22.3 Å². The average Bonchev–Trinajstić information content (AvgIpc) is 3.37. The Hall–Kier alpha value is -2.59. The lowest BCUT2D eigenvalue weighted by Gasteiger charge is -2.16. The van der Waals surface area contributed by atoms with Gasteiger partial charge >= 0.3 is 0 Å². The third-order valence-corrected chi connectivity index (χ3v) is 10.5. The summed E-state index contributed by atoms with van der Waals surface area (Å²) in [5, 5.41) is 0. The van der Waals surface area contributed by atoms with Gasteiger partial charge in [-0.25, -0.2) is 16.8 Å². The van der Waals surface area contributed by atoms with Gasteiger partial charge < -0.3 is 0 Å². The van der Waals surface area contributed by atoms with Gasteiger partial charge in [0.05, 0.1) is 9.79 Å². The molecule has 5 rings (SSSR count). The number of sulfonamides is 2. The molecule has 0 saturated carbocycles. The first-order valence-electron chi connectivity index (χ1n) is 11.1. The molecule has 2 aromatic rings. The summed E-state index contributed by atoms with van der Waals surface area (Å²) in [5.74, 6) is -0.352. The highest BCUT2D eigenvalue weighted by atomic mass is 32.2. The predicted molar refractivity (Wildman–Crippen MR) is 128 cm³/mol. The maximum atomic E-state index is 13.3. The molecule has 178 valence electrons. The van der Waals surface area contributed by atoms with Crippen molar-refractivity contribution in [3.05, 3.63) is 82.5 Å². The Morgan fingerprint density at radius 2 is 1.26 bits per heavy atom. The monoisotopic (exact) mass is 498 g/mol. The largest absolute Gasteiger partial charge is 0.295 e. The fraction of sp³-hybridized carbons (Fsp3) is 0.320. The molecule has 2 aliphatic heterocycles. The zero-order chi connectivity index (χ0) is 24.3. The highest BCUT2D eigenvalue weighted by Crippen LogP contribution is 2.40. The average molecular weight is 499 g/mol. The van der Waals surface area contributed by atoms with Crippen LogP contribution in [0.25, 0.3) is 0 Å². The van der Waals surface area contributed by atoms with Gasteiger partial charge in [0.15, 0.2) is 5.78 Å². The summed E-state index contributed by atoms with van der Waals surface area (Å²) in [6.45, 7) is 4.42. The molecule has 3 aliphatic rings. The van der Waals surface area contributed by atoms with Crippen molar-refractivity contribution in [2.75, 3.05) is 26.2 Å². The van der Waals surface area contributed by atoms with Gasteiger partial charge in [-0.3, -0.25) is 4.79 Å². The lowest BCUT2D eigenvalue weighted by molar-refractivity contribution is -0.115. The van der Waals surface area contributed by atoms with Crippen LogP contribution in [0.4, 0.5) is 0 Å². The first-order chi connectivity index (χ1) is 16.1. The summed E-state index contributed by atoms with van der Waals surface area (Å²) >= 11 is 0. The summed E-state index contributed by atoms with van der Waals surface area (Å²) in [6.07, 6.45) is 1.77. The molecule has 0 spiro atoms. The molecule has 2 aromatic carbocycles. The maximum Gasteiger partial charge on any atom is 0.243 e. The van der Waals surface area contributed by atoms with Crippen LogP contribution >= 0.6 is 0 Å². The van der Waals surface area contributed by atoms with Crippen LogP contribution in [0.15, 0.2) is 81.1 Å². The molecule has 34 heavy (non-hydrogen) atoms. The highest BCUT2D eigenvalue weighted by Gasteiger charge is 2.43. The standard InChI is InChI=1S/C25H26N2O5S2/c1-17-3-7-22(8-4-17)33(29,30)26-13-19-11-21(28)12-20-14-27(16-25(20)24(19)15-26)34(31,32)23-9-5-18(2)6-10-23/h3-11,20H,12-16H2,1-2H3. The van der Waals surface area contributed by atoms with E-state index in [2.05, 4.69) is 0 Å². The summed E-state index contributed by atoms with van der Waals surface area (Å²) in [6, 6.07) is 13.4. The summed E-state index contributed by atoms with van der Waals surface area (Å²) < 4.78 is 55.9. The molecule has 1 atom stereocenters. The van der Waals surface area contributed by atoms with Gasteiger partial charge in [-0.1, -0.05) is 35.4 Å². The lowest BCUT2D eigenvalue weighted by Crippen LogP contribution is -2.29. The van der Waals surface area contributed by atoms with E-state index >= 15 is 0 Å². The molecule has 2 fully saturated rings. The van der Waals surface area contributed by atoms with Crippen LogP contribution in [0.2, 0.25) is 0 Å². The zero-order valence-electron chi connectivity index (χ0n) is 19.1. The Balaban J connectivity index is 1.49. The minimum absolute atomic E-state index is 0.100. The minimum atomic E-state index is -3.75. The number of ketones is 1. The molecule has 0 N–H and O–H groups in total. The molecular formula is C25H26N2O5S2. The molecule has 9 heteroatoms. The first kappa shape index (κ1) is 23.2. The van der Waals surface area contributed by atoms with Gasteiger partial charge in [0.25, 0.3) is 0 Å². The molecule has 1 unspecified atom stereocenters. The quantitative estimate of drug-likeness (QED) is 0.647. The van der Waals surface area contributed by atoms with Crippen molar-refractivity contribution in [3.8, 4) is 0 Å². The second-order valence-corrected chi connectivity index (χ2v) is 13.1. The van der Waals surface area contributed by atoms with Crippen LogP contribution in [0.1, 0.15) is 17.5 Å². The smallest absolute Gasteiger partial charge is 0.243 e. The molecule has 0 bridgehead atoms. The number of allylic oxidation sites excluding steroid dienone is 1. The van der Waals surface area contributed by atoms with E-state index in [0.29, 0.717) is 5.57 Å². The van der Waals surface area contributed by atoms with Crippen molar-refractivity contribution >= 4 is 25.8 Å². The van der Waals surface area contributed by atoms with Crippen molar-refractivity contribution in [1.29, 1.82) is 0 Å². The van der Waals surface area contributed by atoms with Gasteiger partial charge in [-0.15, -0.1) is 0 Å². The predicted octanol–water partition coefficient (Wildman–Crippen LogP) is 2.82. The normalized spacial score (nSPS) is 21.9. The SMILES string of the molecule is Cc1ccc(S(=O)(=O)N2CC3=CC(=O)CC4CN(S(=O)(=O)c5ccc(C)cc5)CC4=C3C2)cc1. The molecular weight excluding hydrogens is 472 g/mol. The Kier molecular flexibility index (Phi) is 5.63. The summed E-state index contributed by atoms with van der Waals surface area (Å²) in [4.78, 5) is 13.1. The molecule has 0 aromatic heterocycles.